The summed E-state index contributed by atoms with van der Waals surface area (Å²) < 4.78 is 0. The van der Waals surface area contributed by atoms with Crippen LogP contribution in [0.2, 0.25) is 0 Å². The fraction of sp³-hybridized carbons (Fsp3) is 0.727. The Morgan fingerprint density at radius 3 is 2.50 bits per heavy atom. The van der Waals surface area contributed by atoms with Crippen LogP contribution in [0.5, 0.6) is 0 Å². The first kappa shape index (κ1) is 13.0. The van der Waals surface area contributed by atoms with Gasteiger partial charge < -0.3 is 10.4 Å². The second kappa shape index (κ2) is 8.60. The maximum Gasteiger partial charge on any atom is 0.332 e. The van der Waals surface area contributed by atoms with E-state index in [0.717, 1.165) is 13.0 Å². The van der Waals surface area contributed by atoms with Gasteiger partial charge in [0.2, 0.25) is 0 Å². The molecule has 0 aliphatic carbocycles. The van der Waals surface area contributed by atoms with E-state index < -0.39 is 5.97 Å². The van der Waals surface area contributed by atoms with E-state index in [0.29, 0.717) is 5.57 Å². The van der Waals surface area contributed by atoms with E-state index >= 15 is 0 Å². The zero-order chi connectivity index (χ0) is 10.8. The molecular formula is C11H21NO2. The Morgan fingerprint density at radius 1 is 1.29 bits per heavy atom. The maximum atomic E-state index is 10.4. The number of hydrogen-bond donors (Lipinski definition) is 2. The molecule has 0 aliphatic rings. The topological polar surface area (TPSA) is 49.3 Å². The fourth-order valence-corrected chi connectivity index (χ4v) is 1.12. The molecule has 14 heavy (non-hydrogen) atoms. The van der Waals surface area contributed by atoms with Gasteiger partial charge in [-0.3, -0.25) is 0 Å². The van der Waals surface area contributed by atoms with Crippen LogP contribution in [0.3, 0.4) is 0 Å². The average molecular weight is 199 g/mol. The van der Waals surface area contributed by atoms with E-state index in [2.05, 4.69) is 12.2 Å². The molecule has 0 fully saturated rings. The van der Waals surface area contributed by atoms with E-state index in [1.807, 2.05) is 0 Å². The lowest BCUT2D eigenvalue weighted by atomic mass is 10.1. The molecule has 0 unspecified atom stereocenters. The highest BCUT2D eigenvalue weighted by molar-refractivity contribution is 5.85. The number of unbranched alkanes of at least 4 members (excludes halogenated alkanes) is 4. The quantitative estimate of drug-likeness (QED) is 0.466. The first-order valence-electron chi connectivity index (χ1n) is 5.32. The van der Waals surface area contributed by atoms with Gasteiger partial charge in [0.05, 0.1) is 0 Å². The summed E-state index contributed by atoms with van der Waals surface area (Å²) in [5.74, 6) is -0.858. The van der Waals surface area contributed by atoms with Crippen LogP contribution in [-0.2, 0) is 4.79 Å². The SMILES string of the molecule is CCCCCCCNC=C(C)C(=O)O. The number of carbonyl (C=O) groups is 1. The molecule has 0 spiro atoms. The lowest BCUT2D eigenvalue weighted by Crippen LogP contribution is -2.10. The lowest BCUT2D eigenvalue weighted by molar-refractivity contribution is -0.132. The van der Waals surface area contributed by atoms with Crippen LogP contribution >= 0.6 is 0 Å². The third-order valence-corrected chi connectivity index (χ3v) is 2.08. The summed E-state index contributed by atoms with van der Waals surface area (Å²) in [4.78, 5) is 10.4. The average Bonchev–Trinajstić information content (AvgIpc) is 2.16. The molecule has 3 nitrogen and oxygen atoms in total. The lowest BCUT2D eigenvalue weighted by Gasteiger charge is -2.01. The van der Waals surface area contributed by atoms with Gasteiger partial charge in [0.1, 0.15) is 0 Å². The minimum Gasteiger partial charge on any atom is -0.478 e. The van der Waals surface area contributed by atoms with Crippen molar-refractivity contribution in [3.63, 3.8) is 0 Å². The van der Waals surface area contributed by atoms with Crippen molar-refractivity contribution in [2.24, 2.45) is 0 Å². The Balaban J connectivity index is 3.29. The minimum absolute atomic E-state index is 0.360. The Morgan fingerprint density at radius 2 is 1.93 bits per heavy atom. The van der Waals surface area contributed by atoms with Crippen molar-refractivity contribution in [3.8, 4) is 0 Å². The molecule has 0 radical (unpaired) electrons. The van der Waals surface area contributed by atoms with Crippen LogP contribution in [0, 0.1) is 0 Å². The summed E-state index contributed by atoms with van der Waals surface area (Å²) in [5.41, 5.74) is 0.360. The van der Waals surface area contributed by atoms with Crippen LogP contribution in [-0.4, -0.2) is 17.6 Å². The predicted octanol–water partition coefficient (Wildman–Crippen LogP) is 2.53. The molecule has 0 atom stereocenters. The summed E-state index contributed by atoms with van der Waals surface area (Å²) in [5, 5.41) is 11.5. The van der Waals surface area contributed by atoms with Crippen molar-refractivity contribution >= 4 is 5.97 Å². The third kappa shape index (κ3) is 7.65. The first-order valence-corrected chi connectivity index (χ1v) is 5.32. The molecule has 0 aliphatic heterocycles. The molecule has 0 aromatic heterocycles. The maximum absolute atomic E-state index is 10.4. The van der Waals surface area contributed by atoms with E-state index in [1.165, 1.54) is 25.7 Å². The van der Waals surface area contributed by atoms with Gasteiger partial charge in [-0.25, -0.2) is 4.79 Å². The van der Waals surface area contributed by atoms with Gasteiger partial charge in [0.15, 0.2) is 0 Å². The van der Waals surface area contributed by atoms with Crippen LogP contribution < -0.4 is 5.32 Å². The van der Waals surface area contributed by atoms with E-state index in [9.17, 15) is 4.79 Å². The number of rotatable bonds is 8. The monoisotopic (exact) mass is 199 g/mol. The predicted molar refractivity (Wildman–Crippen MR) is 58.2 cm³/mol. The third-order valence-electron chi connectivity index (χ3n) is 2.08. The van der Waals surface area contributed by atoms with E-state index in [-0.39, 0.29) is 0 Å². The van der Waals surface area contributed by atoms with Gasteiger partial charge >= 0.3 is 5.97 Å². The highest BCUT2D eigenvalue weighted by Gasteiger charge is 1.97. The van der Waals surface area contributed by atoms with Crippen molar-refractivity contribution in [1.82, 2.24) is 5.32 Å². The van der Waals surface area contributed by atoms with Gasteiger partial charge in [-0.05, 0) is 13.3 Å². The molecule has 3 heteroatoms. The summed E-state index contributed by atoms with van der Waals surface area (Å²) in [6, 6.07) is 0. The van der Waals surface area contributed by atoms with Crippen molar-refractivity contribution < 1.29 is 9.90 Å². The van der Waals surface area contributed by atoms with Crippen molar-refractivity contribution in [1.29, 1.82) is 0 Å². The molecule has 0 amide bonds. The number of nitrogens with one attached hydrogen (secondary N) is 1. The number of aliphatic carboxylic acids is 1. The summed E-state index contributed by atoms with van der Waals surface area (Å²) in [6.45, 7) is 4.65. The molecule has 0 saturated heterocycles. The smallest absolute Gasteiger partial charge is 0.332 e. The van der Waals surface area contributed by atoms with Crippen molar-refractivity contribution in [2.75, 3.05) is 6.54 Å². The van der Waals surface area contributed by atoms with Gasteiger partial charge in [-0.15, -0.1) is 0 Å². The van der Waals surface area contributed by atoms with Crippen molar-refractivity contribution in [2.45, 2.75) is 46.0 Å². The Bertz CT molecular complexity index is 188. The summed E-state index contributed by atoms with van der Waals surface area (Å²) in [6.07, 6.45) is 7.74. The Kier molecular flexibility index (Phi) is 7.99. The second-order valence-electron chi connectivity index (χ2n) is 3.50. The van der Waals surface area contributed by atoms with Crippen LogP contribution in [0.1, 0.15) is 46.0 Å². The fourth-order valence-electron chi connectivity index (χ4n) is 1.12. The molecule has 2 N–H and O–H groups in total. The molecular weight excluding hydrogens is 178 g/mol. The first-order chi connectivity index (χ1) is 6.68. The van der Waals surface area contributed by atoms with Crippen LogP contribution in [0.15, 0.2) is 11.8 Å². The van der Waals surface area contributed by atoms with Gasteiger partial charge in [-0.2, -0.15) is 0 Å². The van der Waals surface area contributed by atoms with E-state index in [1.54, 1.807) is 13.1 Å². The summed E-state index contributed by atoms with van der Waals surface area (Å²) >= 11 is 0. The van der Waals surface area contributed by atoms with Gasteiger partial charge in [0.25, 0.3) is 0 Å². The van der Waals surface area contributed by atoms with Gasteiger partial charge in [-0.1, -0.05) is 32.6 Å². The molecule has 0 heterocycles. The van der Waals surface area contributed by atoms with Crippen LogP contribution in [0.25, 0.3) is 0 Å². The van der Waals surface area contributed by atoms with E-state index in [4.69, 9.17) is 5.11 Å². The zero-order valence-corrected chi connectivity index (χ0v) is 9.18. The second-order valence-corrected chi connectivity index (χ2v) is 3.50. The highest BCUT2D eigenvalue weighted by Crippen LogP contribution is 2.01. The Hall–Kier alpha value is -0.990. The highest BCUT2D eigenvalue weighted by atomic mass is 16.4. The van der Waals surface area contributed by atoms with Crippen molar-refractivity contribution in [3.05, 3.63) is 11.8 Å². The normalized spacial score (nSPS) is 11.4. The summed E-state index contributed by atoms with van der Waals surface area (Å²) in [7, 11) is 0. The zero-order valence-electron chi connectivity index (χ0n) is 9.18. The Labute approximate surface area is 86.2 Å². The molecule has 82 valence electrons. The standard InChI is InChI=1S/C11H21NO2/c1-3-4-5-6-7-8-12-9-10(2)11(13)14/h9,12H,3-8H2,1-2H3,(H,13,14). The number of hydrogen-bond acceptors (Lipinski definition) is 2. The molecule has 0 rings (SSSR count). The molecule has 0 saturated carbocycles. The number of carboxylic acid groups (broad SMARTS) is 1. The molecule has 0 aromatic carbocycles. The van der Waals surface area contributed by atoms with Gasteiger partial charge in [0, 0.05) is 18.3 Å². The molecule has 0 aromatic rings. The van der Waals surface area contributed by atoms with Crippen LogP contribution in [0.4, 0.5) is 0 Å². The minimum atomic E-state index is -0.858. The number of carboxylic acids is 1. The molecule has 0 bridgehead atoms. The largest absolute Gasteiger partial charge is 0.478 e.